The number of aromatic nitrogens is 2. The number of rotatable bonds is 7. The summed E-state index contributed by atoms with van der Waals surface area (Å²) in [6.07, 6.45) is 7.13. The molecule has 0 aromatic carbocycles. The molecule has 1 fully saturated rings. The number of guanidine groups is 1. The highest BCUT2D eigenvalue weighted by atomic mass is 32.1. The molecule has 2 heterocycles. The van der Waals surface area contributed by atoms with Crippen LogP contribution in [0.25, 0.3) is 0 Å². The van der Waals surface area contributed by atoms with Crippen molar-refractivity contribution in [3.63, 3.8) is 0 Å². The Hall–Kier alpha value is -1.86. The second-order valence-corrected chi connectivity index (χ2v) is 7.97. The lowest BCUT2D eigenvalue weighted by atomic mass is 10.1. The van der Waals surface area contributed by atoms with E-state index in [1.165, 1.54) is 25.7 Å². The molecule has 1 aliphatic rings. The molecule has 3 rings (SSSR count). The summed E-state index contributed by atoms with van der Waals surface area (Å²) < 4.78 is 2.10. The second kappa shape index (κ2) is 8.68. The molecule has 0 amide bonds. The van der Waals surface area contributed by atoms with E-state index in [0.29, 0.717) is 25.1 Å². The maximum absolute atomic E-state index is 10.7. The number of hydrogen-bond donors (Lipinski definition) is 3. The summed E-state index contributed by atoms with van der Waals surface area (Å²) in [4.78, 5) is 5.56. The van der Waals surface area contributed by atoms with Crippen molar-refractivity contribution in [3.05, 3.63) is 40.3 Å². The summed E-state index contributed by atoms with van der Waals surface area (Å²) in [7, 11) is 0. The van der Waals surface area contributed by atoms with Gasteiger partial charge in [-0.25, -0.2) is 4.99 Å². The molecule has 1 atom stereocenters. The zero-order valence-corrected chi connectivity index (χ0v) is 16.4. The van der Waals surface area contributed by atoms with Crippen LogP contribution in [-0.4, -0.2) is 33.9 Å². The van der Waals surface area contributed by atoms with Crippen LogP contribution in [-0.2, 0) is 12.1 Å². The van der Waals surface area contributed by atoms with Crippen molar-refractivity contribution in [1.29, 1.82) is 0 Å². The Kier molecular flexibility index (Phi) is 6.32. The molecule has 1 aliphatic carbocycles. The van der Waals surface area contributed by atoms with Crippen LogP contribution < -0.4 is 10.6 Å². The van der Waals surface area contributed by atoms with Gasteiger partial charge in [0.05, 0.1) is 24.8 Å². The molecule has 6 nitrogen and oxygen atoms in total. The second-order valence-electron chi connectivity index (χ2n) is 7.03. The third-order valence-corrected chi connectivity index (χ3v) is 5.88. The SMILES string of the molecule is CCNC(=NCc1ccn(C2CCCC2)n1)NCC(C)(O)c1cccs1. The minimum absolute atomic E-state index is 0.399. The van der Waals surface area contributed by atoms with Gasteiger partial charge < -0.3 is 15.7 Å². The first-order valence-corrected chi connectivity index (χ1v) is 10.3. The summed E-state index contributed by atoms with van der Waals surface area (Å²) in [5, 5.41) is 23.8. The van der Waals surface area contributed by atoms with Crippen LogP contribution in [0.15, 0.2) is 34.8 Å². The van der Waals surface area contributed by atoms with Gasteiger partial charge in [0.1, 0.15) is 5.60 Å². The van der Waals surface area contributed by atoms with Gasteiger partial charge in [-0.15, -0.1) is 11.3 Å². The number of thiophene rings is 1. The van der Waals surface area contributed by atoms with Crippen molar-refractivity contribution in [1.82, 2.24) is 20.4 Å². The largest absolute Gasteiger partial charge is 0.383 e. The number of nitrogens with one attached hydrogen (secondary N) is 2. The Labute approximate surface area is 159 Å². The van der Waals surface area contributed by atoms with Gasteiger partial charge in [0.25, 0.3) is 0 Å². The molecule has 7 heteroatoms. The Morgan fingerprint density at radius 1 is 1.38 bits per heavy atom. The predicted molar refractivity (Wildman–Crippen MR) is 106 cm³/mol. The Balaban J connectivity index is 1.58. The first kappa shape index (κ1) is 18.9. The Bertz CT molecular complexity index is 701. The predicted octanol–water partition coefficient (Wildman–Crippen LogP) is 3.02. The summed E-state index contributed by atoms with van der Waals surface area (Å²) in [6.45, 7) is 5.54. The first-order valence-electron chi connectivity index (χ1n) is 9.41. The van der Waals surface area contributed by atoms with Gasteiger partial charge >= 0.3 is 0 Å². The van der Waals surface area contributed by atoms with E-state index < -0.39 is 5.60 Å². The molecule has 3 N–H and O–H groups in total. The van der Waals surface area contributed by atoms with Gasteiger partial charge in [0.2, 0.25) is 0 Å². The normalized spacial score (nSPS) is 18.0. The summed E-state index contributed by atoms with van der Waals surface area (Å²) >= 11 is 1.56. The summed E-state index contributed by atoms with van der Waals surface area (Å²) in [5.74, 6) is 0.694. The zero-order valence-electron chi connectivity index (χ0n) is 15.6. The Morgan fingerprint density at radius 2 is 2.19 bits per heavy atom. The van der Waals surface area contributed by atoms with Gasteiger partial charge in [0.15, 0.2) is 5.96 Å². The van der Waals surface area contributed by atoms with Gasteiger partial charge in [-0.3, -0.25) is 4.68 Å². The van der Waals surface area contributed by atoms with E-state index in [0.717, 1.165) is 17.1 Å². The topological polar surface area (TPSA) is 74.5 Å². The highest BCUT2D eigenvalue weighted by Crippen LogP contribution is 2.28. The minimum atomic E-state index is -0.922. The molecule has 26 heavy (non-hydrogen) atoms. The molecule has 2 aromatic rings. The molecule has 0 spiro atoms. The fraction of sp³-hybridized carbons (Fsp3) is 0.579. The molecule has 0 saturated heterocycles. The van der Waals surface area contributed by atoms with Crippen LogP contribution in [0.4, 0.5) is 0 Å². The van der Waals surface area contributed by atoms with Crippen molar-refractivity contribution < 1.29 is 5.11 Å². The molecular weight excluding hydrogens is 346 g/mol. The third kappa shape index (κ3) is 4.86. The average Bonchev–Trinajstić information content (AvgIpc) is 3.39. The van der Waals surface area contributed by atoms with Crippen LogP contribution in [0.1, 0.15) is 56.1 Å². The average molecular weight is 376 g/mol. The standard InChI is InChI=1S/C19H29N5OS/c1-3-20-18(22-14-19(2,25)17-9-6-12-26-17)21-13-15-10-11-24(23-15)16-7-4-5-8-16/h6,9-12,16,25H,3-5,7-8,13-14H2,1-2H3,(H2,20,21,22). The molecule has 0 radical (unpaired) electrons. The maximum atomic E-state index is 10.7. The lowest BCUT2D eigenvalue weighted by Crippen LogP contribution is -2.44. The van der Waals surface area contributed by atoms with Crippen molar-refractivity contribution in [3.8, 4) is 0 Å². The van der Waals surface area contributed by atoms with Crippen LogP contribution in [0.5, 0.6) is 0 Å². The van der Waals surface area contributed by atoms with Crippen molar-refractivity contribution in [2.45, 2.75) is 57.7 Å². The van der Waals surface area contributed by atoms with Crippen LogP contribution in [0.3, 0.4) is 0 Å². The van der Waals surface area contributed by atoms with E-state index >= 15 is 0 Å². The molecule has 2 aromatic heterocycles. The van der Waals surface area contributed by atoms with Crippen LogP contribution in [0, 0.1) is 0 Å². The minimum Gasteiger partial charge on any atom is -0.383 e. The van der Waals surface area contributed by atoms with E-state index in [9.17, 15) is 5.11 Å². The number of aliphatic hydroxyl groups is 1. The van der Waals surface area contributed by atoms with Crippen LogP contribution >= 0.6 is 11.3 Å². The maximum Gasteiger partial charge on any atom is 0.191 e. The van der Waals surface area contributed by atoms with E-state index in [-0.39, 0.29) is 0 Å². The van der Waals surface area contributed by atoms with Gasteiger partial charge in [-0.2, -0.15) is 5.10 Å². The van der Waals surface area contributed by atoms with Gasteiger partial charge in [0, 0.05) is 17.6 Å². The number of hydrogen-bond acceptors (Lipinski definition) is 4. The molecule has 142 valence electrons. The quantitative estimate of drug-likeness (QED) is 0.514. The first-order chi connectivity index (χ1) is 12.6. The fourth-order valence-electron chi connectivity index (χ4n) is 3.26. The van der Waals surface area contributed by atoms with E-state index in [4.69, 9.17) is 0 Å². The van der Waals surface area contributed by atoms with Gasteiger partial charge in [-0.05, 0) is 44.2 Å². The zero-order chi connectivity index (χ0) is 18.4. The summed E-state index contributed by atoms with van der Waals surface area (Å²) in [5.41, 5.74) is 0.0492. The molecule has 1 unspecified atom stereocenters. The summed E-state index contributed by atoms with van der Waals surface area (Å²) in [6, 6.07) is 6.51. The molecule has 0 bridgehead atoms. The monoisotopic (exact) mass is 375 g/mol. The Morgan fingerprint density at radius 3 is 2.88 bits per heavy atom. The van der Waals surface area contributed by atoms with E-state index in [2.05, 4.69) is 31.6 Å². The van der Waals surface area contributed by atoms with E-state index in [1.54, 1.807) is 11.3 Å². The molecule has 1 saturated carbocycles. The lowest BCUT2D eigenvalue weighted by Gasteiger charge is -2.23. The van der Waals surface area contributed by atoms with Crippen molar-refractivity contribution in [2.24, 2.45) is 4.99 Å². The van der Waals surface area contributed by atoms with Crippen molar-refractivity contribution >= 4 is 17.3 Å². The molecule has 0 aliphatic heterocycles. The number of aliphatic imine (C=N–C) groups is 1. The van der Waals surface area contributed by atoms with Crippen molar-refractivity contribution in [2.75, 3.05) is 13.1 Å². The van der Waals surface area contributed by atoms with E-state index in [1.807, 2.05) is 37.4 Å². The number of nitrogens with zero attached hydrogens (tertiary/aromatic N) is 3. The van der Waals surface area contributed by atoms with Crippen LogP contribution in [0.2, 0.25) is 0 Å². The highest BCUT2D eigenvalue weighted by Gasteiger charge is 2.24. The third-order valence-electron chi connectivity index (χ3n) is 4.76. The fourth-order valence-corrected chi connectivity index (χ4v) is 4.05. The smallest absolute Gasteiger partial charge is 0.191 e. The highest BCUT2D eigenvalue weighted by molar-refractivity contribution is 7.10. The van der Waals surface area contributed by atoms with Gasteiger partial charge in [-0.1, -0.05) is 18.9 Å². The lowest BCUT2D eigenvalue weighted by molar-refractivity contribution is 0.0655. The molecular formula is C19H29N5OS.